The number of benzene rings is 2. The highest BCUT2D eigenvalue weighted by Crippen LogP contribution is 2.27. The topological polar surface area (TPSA) is 66.8 Å². The van der Waals surface area contributed by atoms with Crippen LogP contribution in [-0.4, -0.2) is 35.0 Å². The summed E-state index contributed by atoms with van der Waals surface area (Å²) in [6.45, 7) is 2.19. The zero-order chi connectivity index (χ0) is 17.3. The number of nitrogens with zero attached hydrogens (tertiary/aromatic N) is 1. The van der Waals surface area contributed by atoms with Crippen LogP contribution in [0.2, 0.25) is 0 Å². The van der Waals surface area contributed by atoms with Crippen LogP contribution in [0.5, 0.6) is 5.75 Å². The van der Waals surface area contributed by atoms with Crippen molar-refractivity contribution in [1.29, 1.82) is 0 Å². The van der Waals surface area contributed by atoms with E-state index in [1.165, 1.54) is 4.90 Å². The Labute approximate surface area is 140 Å². The number of hydrogen-bond acceptors (Lipinski definition) is 3. The number of amides is 1. The Kier molecular flexibility index (Phi) is 4.25. The highest BCUT2D eigenvalue weighted by atomic mass is 16.5. The van der Waals surface area contributed by atoms with Gasteiger partial charge in [-0.3, -0.25) is 4.79 Å². The Hall–Kier alpha value is -2.82. The average molecular weight is 325 g/mol. The molecule has 1 N–H and O–H groups in total. The first-order chi connectivity index (χ1) is 11.5. The van der Waals surface area contributed by atoms with Crippen molar-refractivity contribution in [2.45, 2.75) is 25.9 Å². The number of methoxy groups -OCH3 is 1. The second-order valence-corrected chi connectivity index (χ2v) is 5.94. The van der Waals surface area contributed by atoms with Gasteiger partial charge in [0.05, 0.1) is 7.11 Å². The molecular formula is C19H19NO4. The minimum absolute atomic E-state index is 0.294. The van der Waals surface area contributed by atoms with Crippen molar-refractivity contribution in [3.63, 3.8) is 0 Å². The molecule has 124 valence electrons. The molecule has 1 amide bonds. The summed E-state index contributed by atoms with van der Waals surface area (Å²) in [7, 11) is 1.55. The second-order valence-electron chi connectivity index (χ2n) is 5.94. The Morgan fingerprint density at radius 1 is 1.17 bits per heavy atom. The molecule has 24 heavy (non-hydrogen) atoms. The van der Waals surface area contributed by atoms with E-state index in [9.17, 15) is 14.7 Å². The van der Waals surface area contributed by atoms with Crippen molar-refractivity contribution in [2.75, 3.05) is 7.11 Å². The van der Waals surface area contributed by atoms with Crippen LogP contribution in [0.1, 0.15) is 27.0 Å². The number of carbonyl (C=O) groups is 2. The van der Waals surface area contributed by atoms with Crippen LogP contribution in [0.3, 0.4) is 0 Å². The second kappa shape index (κ2) is 6.35. The van der Waals surface area contributed by atoms with Crippen molar-refractivity contribution in [2.24, 2.45) is 0 Å². The number of aliphatic carboxylic acids is 1. The zero-order valence-corrected chi connectivity index (χ0v) is 13.7. The largest absolute Gasteiger partial charge is 0.496 e. The molecule has 0 radical (unpaired) electrons. The lowest BCUT2D eigenvalue weighted by atomic mass is 9.93. The van der Waals surface area contributed by atoms with Crippen molar-refractivity contribution in [3.8, 4) is 5.75 Å². The molecule has 0 saturated carbocycles. The SMILES string of the molecule is COc1cc(C(=O)N2Cc3ccccc3CC2C(=O)O)ccc1C. The normalized spacial score (nSPS) is 16.4. The summed E-state index contributed by atoms with van der Waals surface area (Å²) < 4.78 is 5.27. The van der Waals surface area contributed by atoms with Gasteiger partial charge in [0.15, 0.2) is 0 Å². The predicted molar refractivity (Wildman–Crippen MR) is 89.2 cm³/mol. The van der Waals surface area contributed by atoms with E-state index in [2.05, 4.69) is 0 Å². The van der Waals surface area contributed by atoms with E-state index in [0.29, 0.717) is 24.3 Å². The van der Waals surface area contributed by atoms with E-state index in [1.54, 1.807) is 25.3 Å². The fourth-order valence-electron chi connectivity index (χ4n) is 3.08. The molecule has 1 aliphatic rings. The average Bonchev–Trinajstić information content (AvgIpc) is 2.60. The van der Waals surface area contributed by atoms with Crippen molar-refractivity contribution < 1.29 is 19.4 Å². The molecule has 5 nitrogen and oxygen atoms in total. The van der Waals surface area contributed by atoms with Crippen molar-refractivity contribution >= 4 is 11.9 Å². The summed E-state index contributed by atoms with van der Waals surface area (Å²) in [5.41, 5.74) is 3.33. The Bertz CT molecular complexity index is 800. The fraction of sp³-hybridized carbons (Fsp3) is 0.263. The number of fused-ring (bicyclic) bond motifs is 1. The molecule has 0 aromatic heterocycles. The van der Waals surface area contributed by atoms with Gasteiger partial charge in [0, 0.05) is 18.5 Å². The van der Waals surface area contributed by atoms with E-state index in [4.69, 9.17) is 4.74 Å². The monoisotopic (exact) mass is 325 g/mol. The molecule has 5 heteroatoms. The zero-order valence-electron chi connectivity index (χ0n) is 13.7. The minimum Gasteiger partial charge on any atom is -0.496 e. The van der Waals surface area contributed by atoms with Gasteiger partial charge in [0.2, 0.25) is 0 Å². The van der Waals surface area contributed by atoms with Crippen LogP contribution in [0.25, 0.3) is 0 Å². The molecule has 0 aliphatic carbocycles. The molecule has 0 spiro atoms. The van der Waals surface area contributed by atoms with E-state index in [0.717, 1.165) is 16.7 Å². The summed E-state index contributed by atoms with van der Waals surface area (Å²) in [5, 5.41) is 9.56. The first-order valence-electron chi connectivity index (χ1n) is 7.76. The van der Waals surface area contributed by atoms with Gasteiger partial charge in [-0.15, -0.1) is 0 Å². The Balaban J connectivity index is 1.97. The summed E-state index contributed by atoms with van der Waals surface area (Å²) in [5.74, 6) is -0.669. The van der Waals surface area contributed by atoms with Crippen LogP contribution < -0.4 is 4.74 Å². The van der Waals surface area contributed by atoms with Gasteiger partial charge in [0.1, 0.15) is 11.8 Å². The van der Waals surface area contributed by atoms with Crippen LogP contribution >= 0.6 is 0 Å². The lowest BCUT2D eigenvalue weighted by molar-refractivity contribution is -0.142. The predicted octanol–water partition coefficient (Wildman–Crippen LogP) is 2.66. The summed E-state index contributed by atoms with van der Waals surface area (Å²) >= 11 is 0. The highest BCUT2D eigenvalue weighted by molar-refractivity contribution is 5.97. The van der Waals surface area contributed by atoms with Gasteiger partial charge < -0.3 is 14.7 Å². The molecule has 1 atom stereocenters. The molecule has 1 heterocycles. The summed E-state index contributed by atoms with van der Waals surface area (Å²) in [4.78, 5) is 26.0. The van der Waals surface area contributed by atoms with Crippen LogP contribution in [-0.2, 0) is 17.8 Å². The summed E-state index contributed by atoms with van der Waals surface area (Å²) in [6, 6.07) is 12.0. The number of hydrogen-bond donors (Lipinski definition) is 1. The molecule has 0 bridgehead atoms. The molecule has 2 aromatic rings. The third-order valence-electron chi connectivity index (χ3n) is 4.45. The lowest BCUT2D eigenvalue weighted by Gasteiger charge is -2.34. The standard InChI is InChI=1S/C19H19NO4/c1-12-7-8-14(10-17(12)24-2)18(21)20-11-15-6-4-3-5-13(15)9-16(20)19(22)23/h3-8,10,16H,9,11H2,1-2H3,(H,22,23). The van der Waals surface area contributed by atoms with Crippen LogP contribution in [0, 0.1) is 6.92 Å². The molecule has 0 fully saturated rings. The third-order valence-corrected chi connectivity index (χ3v) is 4.45. The molecule has 2 aromatic carbocycles. The fourth-order valence-corrected chi connectivity index (χ4v) is 3.08. The van der Waals surface area contributed by atoms with Gasteiger partial charge in [-0.05, 0) is 35.7 Å². The number of carboxylic acid groups (broad SMARTS) is 1. The number of ether oxygens (including phenoxy) is 1. The van der Waals surface area contributed by atoms with Gasteiger partial charge in [0.25, 0.3) is 5.91 Å². The van der Waals surface area contributed by atoms with E-state index < -0.39 is 12.0 Å². The minimum atomic E-state index is -0.989. The first kappa shape index (κ1) is 16.1. The summed E-state index contributed by atoms with van der Waals surface area (Å²) in [6.07, 6.45) is 0.320. The van der Waals surface area contributed by atoms with Gasteiger partial charge in [-0.1, -0.05) is 30.3 Å². The number of aryl methyl sites for hydroxylation is 1. The van der Waals surface area contributed by atoms with Crippen molar-refractivity contribution in [3.05, 3.63) is 64.7 Å². The van der Waals surface area contributed by atoms with E-state index >= 15 is 0 Å². The maximum atomic E-state index is 12.9. The Morgan fingerprint density at radius 3 is 2.54 bits per heavy atom. The third kappa shape index (κ3) is 2.85. The number of carboxylic acids is 1. The van der Waals surface area contributed by atoms with Gasteiger partial charge in [-0.2, -0.15) is 0 Å². The lowest BCUT2D eigenvalue weighted by Crippen LogP contribution is -2.48. The van der Waals surface area contributed by atoms with Crippen LogP contribution in [0.4, 0.5) is 0 Å². The first-order valence-corrected chi connectivity index (χ1v) is 7.76. The number of rotatable bonds is 3. The van der Waals surface area contributed by atoms with E-state index in [1.807, 2.05) is 31.2 Å². The molecule has 1 aliphatic heterocycles. The number of carbonyl (C=O) groups excluding carboxylic acids is 1. The molecule has 0 saturated heterocycles. The maximum absolute atomic E-state index is 12.9. The molecule has 3 rings (SSSR count). The smallest absolute Gasteiger partial charge is 0.326 e. The highest BCUT2D eigenvalue weighted by Gasteiger charge is 2.35. The van der Waals surface area contributed by atoms with Crippen LogP contribution in [0.15, 0.2) is 42.5 Å². The van der Waals surface area contributed by atoms with Gasteiger partial charge >= 0.3 is 5.97 Å². The molecule has 1 unspecified atom stereocenters. The van der Waals surface area contributed by atoms with Crippen molar-refractivity contribution in [1.82, 2.24) is 4.90 Å². The maximum Gasteiger partial charge on any atom is 0.326 e. The quantitative estimate of drug-likeness (QED) is 0.942. The van der Waals surface area contributed by atoms with Gasteiger partial charge in [-0.25, -0.2) is 4.79 Å². The van der Waals surface area contributed by atoms with E-state index in [-0.39, 0.29) is 5.91 Å². The Morgan fingerprint density at radius 2 is 1.88 bits per heavy atom. The molecular weight excluding hydrogens is 306 g/mol.